The topological polar surface area (TPSA) is 66.8 Å². The van der Waals surface area contributed by atoms with Crippen molar-refractivity contribution in [1.82, 2.24) is 4.90 Å². The van der Waals surface area contributed by atoms with Crippen molar-refractivity contribution in [1.29, 1.82) is 0 Å². The number of carboxylic acids is 1. The van der Waals surface area contributed by atoms with Gasteiger partial charge in [-0.2, -0.15) is 0 Å². The predicted molar refractivity (Wildman–Crippen MR) is 83.0 cm³/mol. The highest BCUT2D eigenvalue weighted by Crippen LogP contribution is 2.28. The molecule has 1 fully saturated rings. The first-order valence-corrected chi connectivity index (χ1v) is 7.75. The van der Waals surface area contributed by atoms with Crippen molar-refractivity contribution >= 4 is 11.9 Å². The number of likely N-dealkylation sites (tertiary alicyclic amines) is 1. The Kier molecular flexibility index (Phi) is 5.41. The van der Waals surface area contributed by atoms with E-state index in [-0.39, 0.29) is 19.1 Å². The van der Waals surface area contributed by atoms with Crippen LogP contribution in [0.3, 0.4) is 0 Å². The highest BCUT2D eigenvalue weighted by Gasteiger charge is 2.30. The first-order valence-electron chi connectivity index (χ1n) is 7.75. The van der Waals surface area contributed by atoms with Gasteiger partial charge in [0.05, 0.1) is 5.92 Å². The lowest BCUT2D eigenvalue weighted by molar-refractivity contribution is -0.141. The molecule has 120 valence electrons. The summed E-state index contributed by atoms with van der Waals surface area (Å²) in [6.45, 7) is 4.97. The average molecular weight is 305 g/mol. The van der Waals surface area contributed by atoms with E-state index < -0.39 is 11.9 Å². The van der Waals surface area contributed by atoms with Crippen molar-refractivity contribution in [2.75, 3.05) is 19.7 Å². The van der Waals surface area contributed by atoms with Crippen LogP contribution in [0.2, 0.25) is 0 Å². The van der Waals surface area contributed by atoms with Gasteiger partial charge < -0.3 is 14.7 Å². The summed E-state index contributed by atoms with van der Waals surface area (Å²) in [7, 11) is 0. The molecule has 0 radical (unpaired) electrons. The minimum atomic E-state index is -0.835. The molecule has 0 bridgehead atoms. The summed E-state index contributed by atoms with van der Waals surface area (Å²) in [5.41, 5.74) is 1.10. The van der Waals surface area contributed by atoms with Gasteiger partial charge in [-0.15, -0.1) is 0 Å². The van der Waals surface area contributed by atoms with E-state index in [4.69, 9.17) is 9.84 Å². The number of aliphatic carboxylic acids is 1. The number of nitrogens with zero attached hydrogens (tertiary/aromatic N) is 1. The minimum Gasteiger partial charge on any atom is -0.483 e. The van der Waals surface area contributed by atoms with Gasteiger partial charge in [0.2, 0.25) is 0 Å². The van der Waals surface area contributed by atoms with Crippen LogP contribution in [0.4, 0.5) is 0 Å². The number of carbonyl (C=O) groups excluding carboxylic acids is 1. The molecule has 0 aromatic heterocycles. The monoisotopic (exact) mass is 305 g/mol. The minimum absolute atomic E-state index is 0.0419. The highest BCUT2D eigenvalue weighted by molar-refractivity contribution is 5.80. The zero-order chi connectivity index (χ0) is 16.1. The summed E-state index contributed by atoms with van der Waals surface area (Å²) in [6, 6.07) is 7.75. The lowest BCUT2D eigenvalue weighted by Crippen LogP contribution is -2.33. The number of benzene rings is 1. The van der Waals surface area contributed by atoms with E-state index in [2.05, 4.69) is 13.8 Å². The molecule has 1 aromatic carbocycles. The average Bonchev–Trinajstić information content (AvgIpc) is 3.02. The highest BCUT2D eigenvalue weighted by atomic mass is 16.5. The van der Waals surface area contributed by atoms with E-state index in [0.29, 0.717) is 18.9 Å². The Hall–Kier alpha value is -2.04. The Bertz CT molecular complexity index is 543. The number of ether oxygens (including phenoxy) is 1. The lowest BCUT2D eigenvalue weighted by atomic mass is 9.98. The lowest BCUT2D eigenvalue weighted by Gasteiger charge is -2.18. The van der Waals surface area contributed by atoms with Crippen LogP contribution in [0.25, 0.3) is 0 Å². The van der Waals surface area contributed by atoms with E-state index in [1.54, 1.807) is 4.90 Å². The Morgan fingerprint density at radius 3 is 2.77 bits per heavy atom. The van der Waals surface area contributed by atoms with Gasteiger partial charge in [0.25, 0.3) is 5.91 Å². The van der Waals surface area contributed by atoms with Crippen molar-refractivity contribution in [3.63, 3.8) is 0 Å². The molecular weight excluding hydrogens is 282 g/mol. The molecule has 2 rings (SSSR count). The fourth-order valence-corrected chi connectivity index (χ4v) is 2.66. The fourth-order valence-electron chi connectivity index (χ4n) is 2.66. The van der Waals surface area contributed by atoms with Gasteiger partial charge in [-0.05, 0) is 30.4 Å². The fraction of sp³-hybridized carbons (Fsp3) is 0.529. The molecule has 0 saturated carbocycles. The van der Waals surface area contributed by atoms with E-state index >= 15 is 0 Å². The molecule has 0 aliphatic carbocycles. The molecule has 22 heavy (non-hydrogen) atoms. The van der Waals surface area contributed by atoms with Crippen LogP contribution in [0.15, 0.2) is 24.3 Å². The van der Waals surface area contributed by atoms with Gasteiger partial charge >= 0.3 is 5.97 Å². The molecule has 5 heteroatoms. The summed E-state index contributed by atoms with van der Waals surface area (Å²) in [6.07, 6.45) is 1.52. The summed E-state index contributed by atoms with van der Waals surface area (Å²) in [5, 5.41) is 8.98. The number of carbonyl (C=O) groups is 2. The largest absolute Gasteiger partial charge is 0.483 e. The van der Waals surface area contributed by atoms with E-state index in [1.807, 2.05) is 24.3 Å². The third-order valence-electron chi connectivity index (χ3n) is 4.30. The maximum atomic E-state index is 12.1. The Morgan fingerprint density at radius 1 is 1.41 bits per heavy atom. The summed E-state index contributed by atoms with van der Waals surface area (Å²) < 4.78 is 5.69. The maximum Gasteiger partial charge on any atom is 0.308 e. The molecule has 1 aromatic rings. The van der Waals surface area contributed by atoms with Crippen molar-refractivity contribution < 1.29 is 19.4 Å². The van der Waals surface area contributed by atoms with E-state index in [9.17, 15) is 9.59 Å². The van der Waals surface area contributed by atoms with Gasteiger partial charge in [-0.1, -0.05) is 32.0 Å². The van der Waals surface area contributed by atoms with Gasteiger partial charge in [0.15, 0.2) is 6.61 Å². The standard InChI is InChI=1S/C17H23NO4/c1-3-12(2)14-6-4-5-7-15(14)22-11-16(19)18-9-8-13(10-18)17(20)21/h4-7,12-13H,3,8-11H2,1-2H3,(H,20,21)/t12-,13+/m1/s1. The van der Waals surface area contributed by atoms with Crippen LogP contribution in [-0.2, 0) is 9.59 Å². The second kappa shape index (κ2) is 7.29. The Labute approximate surface area is 130 Å². The van der Waals surface area contributed by atoms with E-state index in [1.165, 1.54) is 0 Å². The quantitative estimate of drug-likeness (QED) is 0.877. The molecule has 1 N–H and O–H groups in total. The van der Waals surface area contributed by atoms with E-state index in [0.717, 1.165) is 17.7 Å². The molecule has 0 spiro atoms. The number of rotatable bonds is 6. The molecule has 1 aliphatic heterocycles. The van der Waals surface area contributed by atoms with Crippen LogP contribution in [-0.4, -0.2) is 41.6 Å². The van der Waals surface area contributed by atoms with Crippen molar-refractivity contribution in [2.45, 2.75) is 32.6 Å². The molecule has 1 aliphatic rings. The Balaban J connectivity index is 1.93. The maximum absolute atomic E-state index is 12.1. The van der Waals surface area contributed by atoms with Gasteiger partial charge in [0, 0.05) is 13.1 Å². The smallest absolute Gasteiger partial charge is 0.308 e. The first-order chi connectivity index (χ1) is 10.5. The second-order valence-electron chi connectivity index (χ2n) is 5.80. The molecule has 2 atom stereocenters. The first kappa shape index (κ1) is 16.3. The SMILES string of the molecule is CC[C@@H](C)c1ccccc1OCC(=O)N1CC[C@H](C(=O)O)C1. The summed E-state index contributed by atoms with van der Waals surface area (Å²) in [5.74, 6) is -0.328. The normalized spacial score (nSPS) is 19.0. The van der Waals surface area contributed by atoms with Crippen molar-refractivity contribution in [3.05, 3.63) is 29.8 Å². The van der Waals surface area contributed by atoms with Gasteiger partial charge in [0.1, 0.15) is 5.75 Å². The van der Waals surface area contributed by atoms with Crippen LogP contribution in [0.1, 0.15) is 38.2 Å². The summed E-state index contributed by atoms with van der Waals surface area (Å²) >= 11 is 0. The molecule has 1 saturated heterocycles. The number of carboxylic acid groups (broad SMARTS) is 1. The zero-order valence-corrected chi connectivity index (χ0v) is 13.1. The third kappa shape index (κ3) is 3.78. The van der Waals surface area contributed by atoms with Crippen LogP contribution in [0, 0.1) is 5.92 Å². The summed E-state index contributed by atoms with van der Waals surface area (Å²) in [4.78, 5) is 24.7. The third-order valence-corrected chi connectivity index (χ3v) is 4.30. The zero-order valence-electron chi connectivity index (χ0n) is 13.1. The molecule has 1 amide bonds. The number of hydrogen-bond donors (Lipinski definition) is 1. The second-order valence-corrected chi connectivity index (χ2v) is 5.80. The number of hydrogen-bond acceptors (Lipinski definition) is 3. The van der Waals surface area contributed by atoms with Crippen molar-refractivity contribution in [3.8, 4) is 5.75 Å². The number of amides is 1. The molecule has 1 heterocycles. The van der Waals surface area contributed by atoms with Gasteiger partial charge in [-0.25, -0.2) is 0 Å². The number of para-hydroxylation sites is 1. The van der Waals surface area contributed by atoms with Gasteiger partial charge in [-0.3, -0.25) is 9.59 Å². The van der Waals surface area contributed by atoms with Crippen LogP contribution >= 0.6 is 0 Å². The molecule has 5 nitrogen and oxygen atoms in total. The van der Waals surface area contributed by atoms with Crippen molar-refractivity contribution in [2.24, 2.45) is 5.92 Å². The molecular formula is C17H23NO4. The predicted octanol–water partition coefficient (Wildman–Crippen LogP) is 2.51. The molecule has 0 unspecified atom stereocenters. The van der Waals surface area contributed by atoms with Crippen LogP contribution < -0.4 is 4.74 Å². The van der Waals surface area contributed by atoms with Crippen LogP contribution in [0.5, 0.6) is 5.75 Å². The Morgan fingerprint density at radius 2 is 2.14 bits per heavy atom.